The average molecular weight is 325 g/mol. The van der Waals surface area contributed by atoms with Gasteiger partial charge >= 0.3 is 0 Å². The molecule has 132 valence electrons. The Kier molecular flexibility index (Phi) is 7.30. The van der Waals surface area contributed by atoms with Crippen LogP contribution in [-0.4, -0.2) is 55.6 Å². The van der Waals surface area contributed by atoms with E-state index in [0.29, 0.717) is 31.7 Å². The molecule has 1 aliphatic heterocycles. The molecule has 0 radical (unpaired) electrons. The van der Waals surface area contributed by atoms with Gasteiger partial charge < -0.3 is 15.8 Å². The lowest BCUT2D eigenvalue weighted by atomic mass is 9.88. The van der Waals surface area contributed by atoms with E-state index in [0.717, 1.165) is 32.4 Å². The summed E-state index contributed by atoms with van der Waals surface area (Å²) >= 11 is 0. The van der Waals surface area contributed by atoms with E-state index in [1.54, 1.807) is 0 Å². The number of rotatable bonds is 7. The summed E-state index contributed by atoms with van der Waals surface area (Å²) in [6.45, 7) is 5.32. The first-order valence-electron chi connectivity index (χ1n) is 8.96. The number of piperidine rings is 1. The summed E-state index contributed by atoms with van der Waals surface area (Å²) in [6.07, 6.45) is 6.82. The summed E-state index contributed by atoms with van der Waals surface area (Å²) in [6, 6.07) is 0. The van der Waals surface area contributed by atoms with Crippen LogP contribution in [0.1, 0.15) is 45.4 Å². The number of nitrogens with one attached hydrogen (secondary N) is 1. The second-order valence-corrected chi connectivity index (χ2v) is 6.97. The molecule has 3 N–H and O–H groups in total. The van der Waals surface area contributed by atoms with E-state index in [2.05, 4.69) is 17.1 Å². The fourth-order valence-electron chi connectivity index (χ4n) is 3.57. The molecule has 1 saturated heterocycles. The van der Waals surface area contributed by atoms with Crippen molar-refractivity contribution in [2.45, 2.75) is 51.6 Å². The van der Waals surface area contributed by atoms with Crippen LogP contribution in [0.3, 0.4) is 0 Å². The van der Waals surface area contributed by atoms with Gasteiger partial charge in [-0.2, -0.15) is 0 Å². The van der Waals surface area contributed by atoms with Crippen LogP contribution >= 0.6 is 0 Å². The van der Waals surface area contributed by atoms with Crippen LogP contribution in [0.4, 0.5) is 0 Å². The summed E-state index contributed by atoms with van der Waals surface area (Å²) in [5, 5.41) is 2.92. The molecule has 0 aromatic rings. The molecule has 23 heavy (non-hydrogen) atoms. The van der Waals surface area contributed by atoms with E-state index in [1.807, 2.05) is 0 Å². The minimum Gasteiger partial charge on any atom is -0.376 e. The number of likely N-dealkylation sites (tertiary alicyclic amines) is 1. The van der Waals surface area contributed by atoms with Crippen LogP contribution in [0.2, 0.25) is 0 Å². The largest absolute Gasteiger partial charge is 0.376 e. The molecule has 6 nitrogen and oxygen atoms in total. The molecule has 0 aromatic heterocycles. The Labute approximate surface area is 139 Å². The summed E-state index contributed by atoms with van der Waals surface area (Å²) in [4.78, 5) is 25.1. The topological polar surface area (TPSA) is 84.7 Å². The molecule has 0 aromatic carbocycles. The molecular formula is C17H31N3O3. The van der Waals surface area contributed by atoms with Crippen LogP contribution in [0.15, 0.2) is 0 Å². The molecule has 1 aliphatic carbocycles. The molecule has 0 unspecified atom stereocenters. The van der Waals surface area contributed by atoms with Crippen molar-refractivity contribution < 1.29 is 14.3 Å². The van der Waals surface area contributed by atoms with Crippen molar-refractivity contribution >= 4 is 11.8 Å². The molecule has 0 bridgehead atoms. The number of nitrogens with two attached hydrogens (primary N) is 1. The predicted octanol–water partition coefficient (Wildman–Crippen LogP) is 0.895. The highest BCUT2D eigenvalue weighted by Gasteiger charge is 2.24. The van der Waals surface area contributed by atoms with Crippen molar-refractivity contribution in [3.8, 4) is 0 Å². The first-order chi connectivity index (χ1) is 11.1. The Bertz CT molecular complexity index is 395. The lowest BCUT2D eigenvalue weighted by molar-refractivity contribution is -0.124. The summed E-state index contributed by atoms with van der Waals surface area (Å²) in [5.74, 6) is 0.414. The summed E-state index contributed by atoms with van der Waals surface area (Å²) in [5.41, 5.74) is 5.32. The van der Waals surface area contributed by atoms with Crippen molar-refractivity contribution in [3.05, 3.63) is 0 Å². The number of ether oxygens (including phenoxy) is 1. The van der Waals surface area contributed by atoms with E-state index >= 15 is 0 Å². The van der Waals surface area contributed by atoms with E-state index in [4.69, 9.17) is 10.5 Å². The first kappa shape index (κ1) is 18.2. The van der Waals surface area contributed by atoms with Crippen LogP contribution in [-0.2, 0) is 14.3 Å². The smallest absolute Gasteiger partial charge is 0.234 e. The number of amides is 2. The van der Waals surface area contributed by atoms with Crippen LogP contribution in [0.25, 0.3) is 0 Å². The summed E-state index contributed by atoms with van der Waals surface area (Å²) in [7, 11) is 0. The molecule has 2 amide bonds. The van der Waals surface area contributed by atoms with E-state index in [9.17, 15) is 9.59 Å². The van der Waals surface area contributed by atoms with Gasteiger partial charge in [0.2, 0.25) is 11.8 Å². The molecule has 1 saturated carbocycles. The third-order valence-electron chi connectivity index (χ3n) is 5.15. The minimum atomic E-state index is -0.219. The van der Waals surface area contributed by atoms with Gasteiger partial charge in [-0.15, -0.1) is 0 Å². The van der Waals surface area contributed by atoms with Crippen LogP contribution < -0.4 is 11.1 Å². The number of carbonyl (C=O) groups is 2. The average Bonchev–Trinajstić information content (AvgIpc) is 2.53. The quantitative estimate of drug-likeness (QED) is 0.681. The third kappa shape index (κ3) is 6.11. The van der Waals surface area contributed by atoms with Gasteiger partial charge in [-0.25, -0.2) is 0 Å². The van der Waals surface area contributed by atoms with Gasteiger partial charge in [0.05, 0.1) is 19.3 Å². The van der Waals surface area contributed by atoms with Gasteiger partial charge in [-0.3, -0.25) is 14.5 Å². The lowest BCUT2D eigenvalue weighted by Crippen LogP contribution is -2.44. The number of primary amides is 1. The number of carbonyl (C=O) groups excluding carboxylic acids is 2. The highest BCUT2D eigenvalue weighted by atomic mass is 16.5. The van der Waals surface area contributed by atoms with Gasteiger partial charge in [0.15, 0.2) is 0 Å². The molecular weight excluding hydrogens is 294 g/mol. The normalized spacial score (nSPS) is 26.8. The number of nitrogens with zero attached hydrogens (tertiary/aromatic N) is 1. The molecule has 1 heterocycles. The van der Waals surface area contributed by atoms with E-state index in [1.165, 1.54) is 19.3 Å². The van der Waals surface area contributed by atoms with Gasteiger partial charge in [-0.05, 0) is 44.7 Å². The second-order valence-electron chi connectivity index (χ2n) is 6.97. The standard InChI is InChI=1S/C17H31N3O3/c1-13-4-2-3-5-15(13)23-11-8-19-16(21)12-20-9-6-14(7-10-20)17(18)22/h13-15H,2-12H2,1H3,(H2,18,22)(H,19,21)/t13-,15-/m0/s1. The van der Waals surface area contributed by atoms with Gasteiger partial charge in [0.1, 0.15) is 0 Å². The zero-order valence-electron chi connectivity index (χ0n) is 14.3. The predicted molar refractivity (Wildman–Crippen MR) is 88.7 cm³/mol. The highest BCUT2D eigenvalue weighted by Crippen LogP contribution is 2.25. The van der Waals surface area contributed by atoms with Crippen molar-refractivity contribution in [2.75, 3.05) is 32.8 Å². The van der Waals surface area contributed by atoms with Crippen LogP contribution in [0.5, 0.6) is 0 Å². The number of hydrogen-bond donors (Lipinski definition) is 2. The fraction of sp³-hybridized carbons (Fsp3) is 0.882. The molecule has 0 spiro atoms. The van der Waals surface area contributed by atoms with Crippen molar-refractivity contribution in [2.24, 2.45) is 17.6 Å². The van der Waals surface area contributed by atoms with Gasteiger partial charge in [-0.1, -0.05) is 19.8 Å². The monoisotopic (exact) mass is 325 g/mol. The summed E-state index contributed by atoms with van der Waals surface area (Å²) < 4.78 is 5.90. The van der Waals surface area contributed by atoms with Crippen molar-refractivity contribution in [1.82, 2.24) is 10.2 Å². The van der Waals surface area contributed by atoms with E-state index in [-0.39, 0.29) is 17.7 Å². The van der Waals surface area contributed by atoms with Gasteiger partial charge in [0.25, 0.3) is 0 Å². The number of hydrogen-bond acceptors (Lipinski definition) is 4. The Balaban J connectivity index is 1.54. The Morgan fingerprint density at radius 1 is 1.17 bits per heavy atom. The Morgan fingerprint density at radius 3 is 2.52 bits per heavy atom. The van der Waals surface area contributed by atoms with Crippen molar-refractivity contribution in [1.29, 1.82) is 0 Å². The molecule has 2 atom stereocenters. The fourth-order valence-corrected chi connectivity index (χ4v) is 3.57. The molecule has 6 heteroatoms. The van der Waals surface area contributed by atoms with Crippen molar-refractivity contribution in [3.63, 3.8) is 0 Å². The maximum absolute atomic E-state index is 11.9. The van der Waals surface area contributed by atoms with Crippen LogP contribution in [0, 0.1) is 11.8 Å². The molecule has 2 fully saturated rings. The zero-order valence-corrected chi connectivity index (χ0v) is 14.3. The Morgan fingerprint density at radius 2 is 1.87 bits per heavy atom. The zero-order chi connectivity index (χ0) is 16.7. The second kappa shape index (κ2) is 9.23. The lowest BCUT2D eigenvalue weighted by Gasteiger charge is -2.30. The highest BCUT2D eigenvalue weighted by molar-refractivity contribution is 5.78. The maximum Gasteiger partial charge on any atom is 0.234 e. The third-order valence-corrected chi connectivity index (χ3v) is 5.15. The SMILES string of the molecule is C[C@H]1CCCC[C@@H]1OCCNC(=O)CN1CCC(C(N)=O)CC1. The Hall–Kier alpha value is -1.14. The first-order valence-corrected chi connectivity index (χ1v) is 8.96. The van der Waals surface area contributed by atoms with Gasteiger partial charge in [0, 0.05) is 12.5 Å². The minimum absolute atomic E-state index is 0.0276. The molecule has 2 aliphatic rings. The maximum atomic E-state index is 11.9. The molecule has 2 rings (SSSR count). The van der Waals surface area contributed by atoms with E-state index < -0.39 is 0 Å².